The summed E-state index contributed by atoms with van der Waals surface area (Å²) in [5.41, 5.74) is 0. The number of hydrogen-bond acceptors (Lipinski definition) is 1. The first-order valence-corrected chi connectivity index (χ1v) is 2.00. The van der Waals surface area contributed by atoms with E-state index in [0.717, 1.165) is 0 Å². The molecule has 0 saturated heterocycles. The topological polar surface area (TPSA) is 7.60 Å². The minimum absolute atomic E-state index is 1.53. The molecule has 0 aromatic carbocycles. The van der Waals surface area contributed by atoms with E-state index in [9.17, 15) is 0 Å². The minimum Gasteiger partial charge on any atom is -0.378 e. The fourth-order valence-electron chi connectivity index (χ4n) is 0.172. The second kappa shape index (κ2) is 3.23. The molecule has 38 valence electrons. The first kappa shape index (κ1) is 6.03. The Morgan fingerprint density at radius 3 is 2.29 bits per heavy atom. The first-order valence-electron chi connectivity index (χ1n) is 2.00. The van der Waals surface area contributed by atoms with E-state index in [1.165, 1.54) is 6.20 Å². The summed E-state index contributed by atoms with van der Waals surface area (Å²) in [7, 11) is 3.81. The van der Waals surface area contributed by atoms with Crippen LogP contribution in [-0.2, 0) is 0 Å². The van der Waals surface area contributed by atoms with Gasteiger partial charge in [0, 0.05) is 14.1 Å². The molecule has 0 aromatic rings. The average molecular weight is 97.1 g/mol. The van der Waals surface area contributed by atoms with Crippen molar-refractivity contribution in [2.45, 2.75) is 0 Å². The SMILES string of the molecule is C#[N+]C=CN(C)C. The van der Waals surface area contributed by atoms with Crippen LogP contribution in [0, 0.1) is 6.57 Å². The molecule has 0 rings (SSSR count). The number of nitrogens with zero attached hydrogens (tertiary/aromatic N) is 2. The molecule has 0 aromatic heterocycles. The molecule has 0 atom stereocenters. The van der Waals surface area contributed by atoms with Crippen molar-refractivity contribution in [2.75, 3.05) is 14.1 Å². The lowest BCUT2D eigenvalue weighted by atomic mass is 10.8. The smallest absolute Gasteiger partial charge is 0.320 e. The molecule has 0 aliphatic heterocycles. The van der Waals surface area contributed by atoms with Gasteiger partial charge in [-0.2, -0.15) is 0 Å². The van der Waals surface area contributed by atoms with Gasteiger partial charge in [0.25, 0.3) is 6.57 Å². The third-order valence-electron chi connectivity index (χ3n) is 0.451. The molecule has 2 nitrogen and oxygen atoms in total. The summed E-state index contributed by atoms with van der Waals surface area (Å²) < 4.78 is 0. The summed E-state index contributed by atoms with van der Waals surface area (Å²) in [5, 5.41) is 0. The van der Waals surface area contributed by atoms with E-state index in [0.29, 0.717) is 0 Å². The molecule has 0 spiro atoms. The van der Waals surface area contributed by atoms with E-state index < -0.39 is 0 Å². The normalized spacial score (nSPS) is 8.71. The van der Waals surface area contributed by atoms with Crippen LogP contribution in [0.3, 0.4) is 0 Å². The van der Waals surface area contributed by atoms with Gasteiger partial charge in [0.1, 0.15) is 0 Å². The van der Waals surface area contributed by atoms with Gasteiger partial charge in [0.2, 0.25) is 0 Å². The molecule has 2 heteroatoms. The maximum Gasteiger partial charge on any atom is 0.320 e. The van der Waals surface area contributed by atoms with E-state index in [2.05, 4.69) is 4.85 Å². The molecule has 0 unspecified atom stereocenters. The summed E-state index contributed by atoms with van der Waals surface area (Å²) in [4.78, 5) is 5.11. The zero-order chi connectivity index (χ0) is 5.70. The van der Waals surface area contributed by atoms with Gasteiger partial charge in [-0.15, -0.1) is 0 Å². The molecule has 0 radical (unpaired) electrons. The fourth-order valence-corrected chi connectivity index (χ4v) is 0.172. The van der Waals surface area contributed by atoms with Crippen LogP contribution in [0.5, 0.6) is 0 Å². The maximum absolute atomic E-state index is 4.79. The van der Waals surface area contributed by atoms with Gasteiger partial charge in [-0.3, -0.25) is 0 Å². The lowest BCUT2D eigenvalue weighted by Gasteiger charge is -1.96. The quantitative estimate of drug-likeness (QED) is 0.473. The third-order valence-corrected chi connectivity index (χ3v) is 0.451. The highest BCUT2D eigenvalue weighted by Crippen LogP contribution is 1.75. The van der Waals surface area contributed by atoms with Crippen LogP contribution in [-0.4, -0.2) is 19.0 Å². The molecular formula is C5H9N2+. The summed E-state index contributed by atoms with van der Waals surface area (Å²) in [6.07, 6.45) is 3.29. The van der Waals surface area contributed by atoms with Crippen molar-refractivity contribution in [1.29, 1.82) is 0 Å². The maximum atomic E-state index is 4.79. The Kier molecular flexibility index (Phi) is 2.78. The van der Waals surface area contributed by atoms with Crippen LogP contribution in [0.2, 0.25) is 0 Å². The lowest BCUT2D eigenvalue weighted by molar-refractivity contribution is 0.564. The molecule has 0 saturated carbocycles. The first-order chi connectivity index (χ1) is 3.27. The zero-order valence-corrected chi connectivity index (χ0v) is 4.63. The highest BCUT2D eigenvalue weighted by Gasteiger charge is 1.75. The van der Waals surface area contributed by atoms with Gasteiger partial charge in [0.05, 0.1) is 6.20 Å². The highest BCUT2D eigenvalue weighted by molar-refractivity contribution is 4.90. The molecule has 0 heterocycles. The molecule has 0 aliphatic rings. The summed E-state index contributed by atoms with van der Waals surface area (Å²) >= 11 is 0. The Hall–Kier alpha value is -0.970. The highest BCUT2D eigenvalue weighted by atomic mass is 15.0. The molecule has 0 aliphatic carbocycles. The average Bonchev–Trinajstić information content (AvgIpc) is 1.61. The van der Waals surface area contributed by atoms with Gasteiger partial charge < -0.3 is 4.90 Å². The van der Waals surface area contributed by atoms with Crippen molar-refractivity contribution in [3.05, 3.63) is 17.2 Å². The molecule has 0 fully saturated rings. The Morgan fingerprint density at radius 2 is 2.14 bits per heavy atom. The van der Waals surface area contributed by atoms with E-state index in [1.54, 1.807) is 6.20 Å². The van der Waals surface area contributed by atoms with Gasteiger partial charge in [0.15, 0.2) is 0 Å². The van der Waals surface area contributed by atoms with Crippen molar-refractivity contribution < 1.29 is 0 Å². The van der Waals surface area contributed by atoms with Gasteiger partial charge >= 0.3 is 6.20 Å². The van der Waals surface area contributed by atoms with Crippen LogP contribution < -0.4 is 0 Å². The van der Waals surface area contributed by atoms with Gasteiger partial charge in [-0.05, 0) is 4.85 Å². The second-order valence-electron chi connectivity index (χ2n) is 1.41. The van der Waals surface area contributed by atoms with E-state index in [1.807, 2.05) is 19.0 Å². The minimum atomic E-state index is 1.53. The molecule has 0 amide bonds. The lowest BCUT2D eigenvalue weighted by Crippen LogP contribution is -1.98. The van der Waals surface area contributed by atoms with E-state index in [4.69, 9.17) is 6.57 Å². The van der Waals surface area contributed by atoms with Crippen molar-refractivity contribution in [3.8, 4) is 6.57 Å². The van der Waals surface area contributed by atoms with Crippen LogP contribution in [0.25, 0.3) is 4.85 Å². The molecular weight excluding hydrogens is 88.1 g/mol. The summed E-state index contributed by atoms with van der Waals surface area (Å²) in [6, 6.07) is 0. The van der Waals surface area contributed by atoms with Crippen LogP contribution >= 0.6 is 0 Å². The molecule has 0 bridgehead atoms. The molecule has 7 heavy (non-hydrogen) atoms. The Balaban J connectivity index is 3.31. The zero-order valence-electron chi connectivity index (χ0n) is 4.63. The summed E-state index contributed by atoms with van der Waals surface area (Å²) in [5.74, 6) is 0. The van der Waals surface area contributed by atoms with Crippen LogP contribution in [0.1, 0.15) is 0 Å². The van der Waals surface area contributed by atoms with E-state index >= 15 is 0 Å². The molecule has 0 N–H and O–H groups in total. The van der Waals surface area contributed by atoms with Crippen LogP contribution in [0.4, 0.5) is 0 Å². The van der Waals surface area contributed by atoms with Crippen molar-refractivity contribution >= 4 is 0 Å². The van der Waals surface area contributed by atoms with Crippen molar-refractivity contribution in [1.82, 2.24) is 4.90 Å². The third kappa shape index (κ3) is 5.03. The van der Waals surface area contributed by atoms with Crippen molar-refractivity contribution in [3.63, 3.8) is 0 Å². The Bertz CT molecular complexity index is 97.1. The Morgan fingerprint density at radius 1 is 1.57 bits per heavy atom. The fraction of sp³-hybridized carbons (Fsp3) is 0.400. The van der Waals surface area contributed by atoms with Crippen LogP contribution in [0.15, 0.2) is 12.4 Å². The number of rotatable bonds is 1. The monoisotopic (exact) mass is 97.1 g/mol. The Labute approximate surface area is 43.9 Å². The van der Waals surface area contributed by atoms with E-state index in [-0.39, 0.29) is 0 Å². The largest absolute Gasteiger partial charge is 0.378 e. The predicted octanol–water partition coefficient (Wildman–Crippen LogP) is 0.982. The van der Waals surface area contributed by atoms with Crippen molar-refractivity contribution in [2.24, 2.45) is 0 Å². The summed E-state index contributed by atoms with van der Waals surface area (Å²) in [6.45, 7) is 4.79. The standard InChI is InChI=1S/C5H9N2/c1-6-4-5-7(2)3/h1,4-5H,2-3H3/q+1. The second-order valence-corrected chi connectivity index (χ2v) is 1.41. The van der Waals surface area contributed by atoms with Gasteiger partial charge in [-0.25, -0.2) is 0 Å². The predicted molar refractivity (Wildman–Crippen MR) is 31.1 cm³/mol. The van der Waals surface area contributed by atoms with Gasteiger partial charge in [-0.1, -0.05) is 0 Å². The number of hydrogen-bond donors (Lipinski definition) is 0.